The van der Waals surface area contributed by atoms with Crippen molar-refractivity contribution in [2.45, 2.75) is 18.9 Å². The zero-order valence-electron chi connectivity index (χ0n) is 10.1. The first-order valence-corrected chi connectivity index (χ1v) is 5.95. The second kappa shape index (κ2) is 6.04. The summed E-state index contributed by atoms with van der Waals surface area (Å²) in [5.74, 6) is -0.454. The van der Waals surface area contributed by atoms with Crippen molar-refractivity contribution in [1.82, 2.24) is 5.32 Å². The maximum atomic E-state index is 12.0. The standard InChI is InChI=1S/C12H17ClN2O3/c1-2-12(6-16,7-17)15-11(18)9-4-3-8(14)5-10(9)13/h3-5,16-17H,2,6-7,14H2,1H3,(H,15,18). The molecule has 100 valence electrons. The van der Waals surface area contributed by atoms with Crippen LogP contribution in [0.5, 0.6) is 0 Å². The molecule has 0 aliphatic rings. The minimum absolute atomic E-state index is 0.230. The number of hydrogen-bond donors (Lipinski definition) is 4. The number of carbonyl (C=O) groups is 1. The first kappa shape index (κ1) is 14.8. The highest BCUT2D eigenvalue weighted by atomic mass is 35.5. The summed E-state index contributed by atoms with van der Waals surface area (Å²) in [5.41, 5.74) is 5.21. The summed E-state index contributed by atoms with van der Waals surface area (Å²) in [4.78, 5) is 12.0. The Morgan fingerprint density at radius 2 is 2.06 bits per heavy atom. The third-order valence-electron chi connectivity index (χ3n) is 2.90. The SMILES string of the molecule is CCC(CO)(CO)NC(=O)c1ccc(N)cc1Cl. The maximum absolute atomic E-state index is 12.0. The number of nitrogens with one attached hydrogen (secondary N) is 1. The van der Waals surface area contributed by atoms with E-state index in [4.69, 9.17) is 17.3 Å². The summed E-state index contributed by atoms with van der Waals surface area (Å²) in [6.07, 6.45) is 0.401. The first-order chi connectivity index (χ1) is 8.48. The van der Waals surface area contributed by atoms with Crippen LogP contribution < -0.4 is 11.1 Å². The van der Waals surface area contributed by atoms with E-state index in [1.54, 1.807) is 13.0 Å². The van der Waals surface area contributed by atoms with Gasteiger partial charge in [-0.25, -0.2) is 0 Å². The molecular formula is C12H17ClN2O3. The fraction of sp³-hybridized carbons (Fsp3) is 0.417. The van der Waals surface area contributed by atoms with Gasteiger partial charge in [0.25, 0.3) is 5.91 Å². The van der Waals surface area contributed by atoms with Gasteiger partial charge in [0.2, 0.25) is 0 Å². The second-order valence-electron chi connectivity index (χ2n) is 4.14. The summed E-state index contributed by atoms with van der Waals surface area (Å²) in [7, 11) is 0. The molecule has 1 aromatic rings. The number of rotatable bonds is 5. The summed E-state index contributed by atoms with van der Waals surface area (Å²) in [6, 6.07) is 4.54. The van der Waals surface area contributed by atoms with Gasteiger partial charge in [-0.3, -0.25) is 4.79 Å². The van der Waals surface area contributed by atoms with Crippen molar-refractivity contribution >= 4 is 23.2 Å². The van der Waals surface area contributed by atoms with Gasteiger partial charge in [0, 0.05) is 5.69 Å². The first-order valence-electron chi connectivity index (χ1n) is 5.57. The Balaban J connectivity index is 2.94. The molecule has 0 heterocycles. The molecule has 0 fully saturated rings. The molecular weight excluding hydrogens is 256 g/mol. The molecule has 0 atom stereocenters. The number of aliphatic hydroxyl groups is 2. The molecule has 0 aliphatic heterocycles. The topological polar surface area (TPSA) is 95.6 Å². The molecule has 5 nitrogen and oxygen atoms in total. The molecule has 0 bridgehead atoms. The number of nitrogen functional groups attached to an aromatic ring is 1. The van der Waals surface area contributed by atoms with Gasteiger partial charge in [-0.1, -0.05) is 18.5 Å². The van der Waals surface area contributed by atoms with E-state index in [0.717, 1.165) is 0 Å². The van der Waals surface area contributed by atoms with E-state index in [0.29, 0.717) is 12.1 Å². The second-order valence-corrected chi connectivity index (χ2v) is 4.55. The highest BCUT2D eigenvalue weighted by molar-refractivity contribution is 6.34. The van der Waals surface area contributed by atoms with Crippen LogP contribution in [0.25, 0.3) is 0 Å². The molecule has 0 radical (unpaired) electrons. The van der Waals surface area contributed by atoms with E-state index in [-0.39, 0.29) is 23.8 Å². The Bertz CT molecular complexity index is 425. The van der Waals surface area contributed by atoms with Gasteiger partial charge in [-0.15, -0.1) is 0 Å². The molecule has 0 saturated heterocycles. The van der Waals surface area contributed by atoms with Crippen molar-refractivity contribution in [3.05, 3.63) is 28.8 Å². The van der Waals surface area contributed by atoms with Crippen LogP contribution in [0.3, 0.4) is 0 Å². The van der Waals surface area contributed by atoms with E-state index in [9.17, 15) is 15.0 Å². The number of nitrogens with two attached hydrogens (primary N) is 1. The Morgan fingerprint density at radius 3 is 2.50 bits per heavy atom. The highest BCUT2D eigenvalue weighted by Crippen LogP contribution is 2.20. The van der Waals surface area contributed by atoms with E-state index in [1.807, 2.05) is 0 Å². The van der Waals surface area contributed by atoms with Gasteiger partial charge in [0.05, 0.1) is 29.3 Å². The molecule has 5 N–H and O–H groups in total. The van der Waals surface area contributed by atoms with Gasteiger partial charge in [-0.05, 0) is 24.6 Å². The Morgan fingerprint density at radius 1 is 1.44 bits per heavy atom. The number of carbonyl (C=O) groups excluding carboxylic acids is 1. The van der Waals surface area contributed by atoms with E-state index < -0.39 is 11.4 Å². The van der Waals surface area contributed by atoms with Crippen LogP contribution in [0.4, 0.5) is 5.69 Å². The Hall–Kier alpha value is -1.30. The normalized spacial score (nSPS) is 11.3. The lowest BCUT2D eigenvalue weighted by Gasteiger charge is -2.29. The molecule has 1 aromatic carbocycles. The van der Waals surface area contributed by atoms with E-state index >= 15 is 0 Å². The molecule has 0 unspecified atom stereocenters. The maximum Gasteiger partial charge on any atom is 0.253 e. The molecule has 0 saturated carbocycles. The largest absolute Gasteiger partial charge is 0.399 e. The number of benzene rings is 1. The lowest BCUT2D eigenvalue weighted by Crippen LogP contribution is -2.53. The van der Waals surface area contributed by atoms with Crippen molar-refractivity contribution < 1.29 is 15.0 Å². The van der Waals surface area contributed by atoms with Crippen molar-refractivity contribution in [3.8, 4) is 0 Å². The summed E-state index contributed by atoms with van der Waals surface area (Å²) in [5, 5.41) is 21.3. The number of aliphatic hydroxyl groups excluding tert-OH is 2. The molecule has 6 heteroatoms. The third-order valence-corrected chi connectivity index (χ3v) is 3.21. The van der Waals surface area contributed by atoms with Crippen LogP contribution in [0, 0.1) is 0 Å². The molecule has 0 aromatic heterocycles. The average Bonchev–Trinajstić information content (AvgIpc) is 2.36. The third kappa shape index (κ3) is 3.13. The lowest BCUT2D eigenvalue weighted by atomic mass is 9.98. The monoisotopic (exact) mass is 272 g/mol. The average molecular weight is 273 g/mol. The van der Waals surface area contributed by atoms with Crippen LogP contribution in [0.15, 0.2) is 18.2 Å². The van der Waals surface area contributed by atoms with Gasteiger partial charge >= 0.3 is 0 Å². The molecule has 1 amide bonds. The summed E-state index contributed by atoms with van der Waals surface area (Å²) < 4.78 is 0. The predicted octanol–water partition coefficient (Wildman–Crippen LogP) is 0.785. The molecule has 1 rings (SSSR count). The number of hydrogen-bond acceptors (Lipinski definition) is 4. The van der Waals surface area contributed by atoms with Crippen LogP contribution in [-0.4, -0.2) is 34.9 Å². The number of halogens is 1. The molecule has 18 heavy (non-hydrogen) atoms. The zero-order chi connectivity index (χ0) is 13.8. The lowest BCUT2D eigenvalue weighted by molar-refractivity contribution is 0.0653. The van der Waals surface area contributed by atoms with Crippen LogP contribution in [0.2, 0.25) is 5.02 Å². The van der Waals surface area contributed by atoms with Crippen LogP contribution >= 0.6 is 11.6 Å². The molecule has 0 aliphatic carbocycles. The van der Waals surface area contributed by atoms with Gasteiger partial charge in [0.15, 0.2) is 0 Å². The fourth-order valence-corrected chi connectivity index (χ4v) is 1.74. The molecule has 0 spiro atoms. The smallest absolute Gasteiger partial charge is 0.253 e. The van der Waals surface area contributed by atoms with Crippen LogP contribution in [-0.2, 0) is 0 Å². The quantitative estimate of drug-likeness (QED) is 0.596. The number of amides is 1. The fourth-order valence-electron chi connectivity index (χ4n) is 1.46. The van der Waals surface area contributed by atoms with Crippen molar-refractivity contribution in [1.29, 1.82) is 0 Å². The predicted molar refractivity (Wildman–Crippen MR) is 70.5 cm³/mol. The summed E-state index contributed by atoms with van der Waals surface area (Å²) >= 11 is 5.92. The zero-order valence-corrected chi connectivity index (χ0v) is 10.9. The highest BCUT2D eigenvalue weighted by Gasteiger charge is 2.29. The Kier molecular flexibility index (Phi) is 4.95. The minimum atomic E-state index is -1.04. The number of anilines is 1. The van der Waals surface area contributed by atoms with Crippen molar-refractivity contribution in [2.75, 3.05) is 18.9 Å². The van der Waals surface area contributed by atoms with E-state index in [1.165, 1.54) is 12.1 Å². The van der Waals surface area contributed by atoms with Crippen molar-refractivity contribution in [2.24, 2.45) is 0 Å². The minimum Gasteiger partial charge on any atom is -0.399 e. The summed E-state index contributed by atoms with van der Waals surface area (Å²) in [6.45, 7) is 1.06. The van der Waals surface area contributed by atoms with Crippen molar-refractivity contribution in [3.63, 3.8) is 0 Å². The van der Waals surface area contributed by atoms with Gasteiger partial charge in [0.1, 0.15) is 0 Å². The Labute approximate surface area is 111 Å². The van der Waals surface area contributed by atoms with Gasteiger partial charge < -0.3 is 21.3 Å². The van der Waals surface area contributed by atoms with E-state index in [2.05, 4.69) is 5.32 Å². The van der Waals surface area contributed by atoms with Crippen LogP contribution in [0.1, 0.15) is 23.7 Å². The van der Waals surface area contributed by atoms with Gasteiger partial charge in [-0.2, -0.15) is 0 Å².